The highest BCUT2D eigenvalue weighted by atomic mass is 19.1. The van der Waals surface area contributed by atoms with Gasteiger partial charge in [-0.1, -0.05) is 12.1 Å². The molecule has 0 aliphatic carbocycles. The van der Waals surface area contributed by atoms with E-state index in [1.54, 1.807) is 0 Å². The highest BCUT2D eigenvalue weighted by molar-refractivity contribution is 5.85. The maximum absolute atomic E-state index is 13.4. The normalized spacial score (nSPS) is 16.9. The quantitative estimate of drug-likeness (QED) is 0.473. The third kappa shape index (κ3) is 8.37. The second kappa shape index (κ2) is 11.1. The Bertz CT molecular complexity index is 667. The molecule has 0 saturated carbocycles. The van der Waals surface area contributed by atoms with E-state index < -0.39 is 0 Å². The monoisotopic (exact) mass is 407 g/mol. The van der Waals surface area contributed by atoms with E-state index in [4.69, 9.17) is 4.74 Å². The molecule has 1 unspecified atom stereocenters. The van der Waals surface area contributed by atoms with Crippen LogP contribution in [-0.2, 0) is 9.53 Å². The molecule has 2 rings (SSSR count). The molecule has 1 aliphatic rings. The van der Waals surface area contributed by atoms with Crippen molar-refractivity contribution in [3.63, 3.8) is 0 Å². The minimum atomic E-state index is -0.289. The second-order valence-corrected chi connectivity index (χ2v) is 8.09. The Kier molecular flexibility index (Phi) is 8.85. The molecule has 1 atom stereocenters. The van der Waals surface area contributed by atoms with Gasteiger partial charge in [0.25, 0.3) is 0 Å². The summed E-state index contributed by atoms with van der Waals surface area (Å²) < 4.78 is 18.9. The molecule has 0 bridgehead atoms. The number of aliphatic imine (C=N–C) groups is 1. The van der Waals surface area contributed by atoms with E-state index >= 15 is 0 Å². The number of hydrogen-bond donors (Lipinski definition) is 3. The molecule has 1 fully saturated rings. The minimum Gasteiger partial charge on any atom is -0.379 e. The van der Waals surface area contributed by atoms with Gasteiger partial charge in [-0.25, -0.2) is 9.38 Å². The van der Waals surface area contributed by atoms with Gasteiger partial charge in [-0.15, -0.1) is 0 Å². The van der Waals surface area contributed by atoms with Crippen molar-refractivity contribution >= 4 is 11.9 Å². The highest BCUT2D eigenvalue weighted by Gasteiger charge is 2.23. The Morgan fingerprint density at radius 1 is 1.21 bits per heavy atom. The number of ether oxygens (including phenoxy) is 1. The summed E-state index contributed by atoms with van der Waals surface area (Å²) in [5, 5.41) is 9.41. The number of rotatable bonds is 7. The van der Waals surface area contributed by atoms with Crippen LogP contribution in [-0.4, -0.2) is 68.2 Å². The number of nitrogens with zero attached hydrogens (tertiary/aromatic N) is 2. The van der Waals surface area contributed by atoms with Crippen molar-refractivity contribution < 1.29 is 13.9 Å². The van der Waals surface area contributed by atoms with Gasteiger partial charge in [0, 0.05) is 31.7 Å². The molecule has 1 amide bonds. The maximum atomic E-state index is 13.4. The van der Waals surface area contributed by atoms with E-state index in [2.05, 4.69) is 25.8 Å². The van der Waals surface area contributed by atoms with E-state index in [0.717, 1.165) is 18.7 Å². The van der Waals surface area contributed by atoms with Gasteiger partial charge in [0.2, 0.25) is 5.91 Å². The first-order valence-corrected chi connectivity index (χ1v) is 10.2. The molecular formula is C21H34FN5O2. The van der Waals surface area contributed by atoms with Gasteiger partial charge in [-0.3, -0.25) is 9.69 Å². The van der Waals surface area contributed by atoms with Gasteiger partial charge in [0.15, 0.2) is 5.96 Å². The van der Waals surface area contributed by atoms with Crippen LogP contribution in [0, 0.1) is 5.82 Å². The zero-order valence-corrected chi connectivity index (χ0v) is 17.9. The second-order valence-electron chi connectivity index (χ2n) is 8.09. The van der Waals surface area contributed by atoms with Gasteiger partial charge >= 0.3 is 0 Å². The van der Waals surface area contributed by atoms with E-state index in [0.29, 0.717) is 32.3 Å². The lowest BCUT2D eigenvalue weighted by Gasteiger charge is -2.35. The first-order chi connectivity index (χ1) is 13.8. The number of halogens is 1. The number of hydrogen-bond acceptors (Lipinski definition) is 4. The standard InChI is InChI=1S/C21H34FN5O2/c1-5-23-20(25-15-19(28)26-21(2,3)4)24-14-18(27-10-12-29-13-11-27)16-6-8-17(22)9-7-16/h6-9,18H,5,10-15H2,1-4H3,(H,26,28)(H2,23,24,25). The summed E-state index contributed by atoms with van der Waals surface area (Å²) in [7, 11) is 0. The molecule has 7 nitrogen and oxygen atoms in total. The fraction of sp³-hybridized carbons (Fsp3) is 0.619. The van der Waals surface area contributed by atoms with Crippen LogP contribution in [0.15, 0.2) is 29.3 Å². The van der Waals surface area contributed by atoms with Crippen LogP contribution in [0.3, 0.4) is 0 Å². The van der Waals surface area contributed by atoms with E-state index in [-0.39, 0.29) is 29.8 Å². The Labute approximate surface area is 173 Å². The molecule has 1 aromatic rings. The Morgan fingerprint density at radius 2 is 1.86 bits per heavy atom. The fourth-order valence-electron chi connectivity index (χ4n) is 3.18. The van der Waals surface area contributed by atoms with Crippen LogP contribution in [0.25, 0.3) is 0 Å². The van der Waals surface area contributed by atoms with Crippen LogP contribution in [0.2, 0.25) is 0 Å². The third-order valence-corrected chi connectivity index (χ3v) is 4.44. The minimum absolute atomic E-state index is 0.0470. The van der Waals surface area contributed by atoms with Gasteiger partial charge in [0.1, 0.15) is 12.4 Å². The summed E-state index contributed by atoms with van der Waals surface area (Å²) >= 11 is 0. The summed E-state index contributed by atoms with van der Waals surface area (Å²) in [4.78, 5) is 18.8. The molecule has 29 heavy (non-hydrogen) atoms. The number of carbonyl (C=O) groups excluding carboxylic acids is 1. The first-order valence-electron chi connectivity index (χ1n) is 10.2. The third-order valence-electron chi connectivity index (χ3n) is 4.44. The molecule has 1 saturated heterocycles. The molecule has 1 heterocycles. The summed E-state index contributed by atoms with van der Waals surface area (Å²) in [6.07, 6.45) is 0. The molecule has 1 aromatic carbocycles. The lowest BCUT2D eigenvalue weighted by Crippen LogP contribution is -2.47. The van der Waals surface area contributed by atoms with E-state index in [1.807, 2.05) is 39.8 Å². The van der Waals surface area contributed by atoms with Crippen LogP contribution in [0.4, 0.5) is 4.39 Å². The number of nitrogens with one attached hydrogen (secondary N) is 3. The molecule has 0 aromatic heterocycles. The number of carbonyl (C=O) groups is 1. The lowest BCUT2D eigenvalue weighted by molar-refractivity contribution is -0.121. The summed E-state index contributed by atoms with van der Waals surface area (Å²) in [5.41, 5.74) is 0.740. The molecular weight excluding hydrogens is 373 g/mol. The molecule has 3 N–H and O–H groups in total. The zero-order valence-electron chi connectivity index (χ0n) is 17.9. The summed E-state index contributed by atoms with van der Waals surface area (Å²) in [5.74, 6) is 0.206. The topological polar surface area (TPSA) is 78.0 Å². The molecule has 162 valence electrons. The van der Waals surface area contributed by atoms with Crippen LogP contribution >= 0.6 is 0 Å². The molecule has 1 aliphatic heterocycles. The number of benzene rings is 1. The Morgan fingerprint density at radius 3 is 2.45 bits per heavy atom. The smallest absolute Gasteiger partial charge is 0.242 e. The van der Waals surface area contributed by atoms with Gasteiger partial charge in [-0.2, -0.15) is 0 Å². The molecule has 0 spiro atoms. The molecule has 8 heteroatoms. The maximum Gasteiger partial charge on any atom is 0.242 e. The van der Waals surface area contributed by atoms with Gasteiger partial charge in [-0.05, 0) is 45.4 Å². The highest BCUT2D eigenvalue weighted by Crippen LogP contribution is 2.21. The van der Waals surface area contributed by atoms with Crippen molar-refractivity contribution in [2.24, 2.45) is 4.99 Å². The number of morpholine rings is 1. The largest absolute Gasteiger partial charge is 0.379 e. The fourth-order valence-corrected chi connectivity index (χ4v) is 3.18. The van der Waals surface area contributed by atoms with E-state index in [1.165, 1.54) is 12.1 Å². The predicted molar refractivity (Wildman–Crippen MR) is 113 cm³/mol. The van der Waals surface area contributed by atoms with Gasteiger partial charge in [0.05, 0.1) is 19.3 Å². The summed E-state index contributed by atoms with van der Waals surface area (Å²) in [6, 6.07) is 6.65. The lowest BCUT2D eigenvalue weighted by atomic mass is 10.0. The van der Waals surface area contributed by atoms with Crippen LogP contribution in [0.5, 0.6) is 0 Å². The first kappa shape index (κ1) is 23.1. The van der Waals surface area contributed by atoms with Crippen LogP contribution in [0.1, 0.15) is 39.3 Å². The molecule has 0 radical (unpaired) electrons. The van der Waals surface area contributed by atoms with Crippen molar-refractivity contribution in [2.75, 3.05) is 45.9 Å². The van der Waals surface area contributed by atoms with Crippen molar-refractivity contribution in [3.05, 3.63) is 35.6 Å². The van der Waals surface area contributed by atoms with Crippen molar-refractivity contribution in [1.82, 2.24) is 20.9 Å². The predicted octanol–water partition coefficient (Wildman–Crippen LogP) is 1.67. The Balaban J connectivity index is 2.06. The van der Waals surface area contributed by atoms with E-state index in [9.17, 15) is 9.18 Å². The zero-order chi connectivity index (χ0) is 21.3. The van der Waals surface area contributed by atoms with Crippen molar-refractivity contribution in [2.45, 2.75) is 39.3 Å². The SMILES string of the molecule is CCNC(=NCC(=O)NC(C)(C)C)NCC(c1ccc(F)cc1)N1CCOCC1. The van der Waals surface area contributed by atoms with Gasteiger partial charge < -0.3 is 20.7 Å². The average Bonchev–Trinajstić information content (AvgIpc) is 2.67. The Hall–Kier alpha value is -2.19. The van der Waals surface area contributed by atoms with Crippen molar-refractivity contribution in [1.29, 1.82) is 0 Å². The number of guanidine groups is 1. The van der Waals surface area contributed by atoms with Crippen LogP contribution < -0.4 is 16.0 Å². The average molecular weight is 408 g/mol. The number of amides is 1. The summed E-state index contributed by atoms with van der Waals surface area (Å²) in [6.45, 7) is 12.1. The van der Waals surface area contributed by atoms with Crippen molar-refractivity contribution in [3.8, 4) is 0 Å².